The van der Waals surface area contributed by atoms with Crippen LogP contribution in [-0.2, 0) is 11.4 Å². The van der Waals surface area contributed by atoms with Crippen molar-refractivity contribution in [1.29, 1.82) is 0 Å². The molecule has 1 heterocycles. The molecule has 1 aliphatic heterocycles. The molecule has 2 fully saturated rings. The van der Waals surface area contributed by atoms with Crippen LogP contribution in [0.3, 0.4) is 0 Å². The summed E-state index contributed by atoms with van der Waals surface area (Å²) in [6.45, 7) is 2.35. The number of nitrogens with zero attached hydrogens (tertiary/aromatic N) is 1. The standard InChI is InChI=1S/C23H28N2O2/c1-24-19-11-13-25(14-12-19)23(26)22-15-21(22)18-7-9-20(10-8-18)27-16-17-5-3-2-4-6-17/h2-10,19,21-22,24H,11-16H2,1H3. The second-order valence-electron chi connectivity index (χ2n) is 7.68. The minimum absolute atomic E-state index is 0.173. The SMILES string of the molecule is CNC1CCN(C(=O)C2CC2c2ccc(OCc3ccccc3)cc2)CC1. The molecule has 2 atom stereocenters. The molecule has 1 N–H and O–H groups in total. The highest BCUT2D eigenvalue weighted by molar-refractivity contribution is 5.83. The zero-order valence-electron chi connectivity index (χ0n) is 15.9. The van der Waals surface area contributed by atoms with Gasteiger partial charge in [0.25, 0.3) is 0 Å². The van der Waals surface area contributed by atoms with Gasteiger partial charge in [-0.05, 0) is 55.5 Å². The molecule has 142 valence electrons. The van der Waals surface area contributed by atoms with Crippen LogP contribution < -0.4 is 10.1 Å². The molecule has 27 heavy (non-hydrogen) atoms. The average Bonchev–Trinajstić information content (AvgIpc) is 3.54. The van der Waals surface area contributed by atoms with Gasteiger partial charge < -0.3 is 15.0 Å². The third-order valence-electron chi connectivity index (χ3n) is 5.88. The first-order chi connectivity index (χ1) is 13.2. The summed E-state index contributed by atoms with van der Waals surface area (Å²) < 4.78 is 5.86. The van der Waals surface area contributed by atoms with E-state index in [1.807, 2.05) is 37.4 Å². The molecule has 4 rings (SSSR count). The molecule has 0 radical (unpaired) electrons. The van der Waals surface area contributed by atoms with E-state index in [1.165, 1.54) is 5.56 Å². The Morgan fingerprint density at radius 3 is 2.44 bits per heavy atom. The van der Waals surface area contributed by atoms with E-state index in [1.54, 1.807) is 0 Å². The highest BCUT2D eigenvalue weighted by atomic mass is 16.5. The minimum atomic E-state index is 0.173. The van der Waals surface area contributed by atoms with Gasteiger partial charge >= 0.3 is 0 Å². The fourth-order valence-electron chi connectivity index (χ4n) is 4.01. The van der Waals surface area contributed by atoms with Gasteiger partial charge in [-0.1, -0.05) is 42.5 Å². The second kappa shape index (κ2) is 8.13. The maximum atomic E-state index is 12.7. The number of benzene rings is 2. The lowest BCUT2D eigenvalue weighted by Gasteiger charge is -2.32. The molecule has 1 saturated heterocycles. The van der Waals surface area contributed by atoms with Crippen LogP contribution in [0.1, 0.15) is 36.3 Å². The number of likely N-dealkylation sites (tertiary alicyclic amines) is 1. The Morgan fingerprint density at radius 1 is 1.07 bits per heavy atom. The van der Waals surface area contributed by atoms with E-state index in [0.29, 0.717) is 24.5 Å². The summed E-state index contributed by atoms with van der Waals surface area (Å²) in [6.07, 6.45) is 3.11. The summed E-state index contributed by atoms with van der Waals surface area (Å²) in [4.78, 5) is 14.8. The van der Waals surface area contributed by atoms with Gasteiger partial charge in [-0.25, -0.2) is 0 Å². The van der Waals surface area contributed by atoms with Crippen molar-refractivity contribution in [3.05, 3.63) is 65.7 Å². The molecule has 1 amide bonds. The lowest BCUT2D eigenvalue weighted by atomic mass is 10.0. The molecular formula is C23H28N2O2. The highest BCUT2D eigenvalue weighted by Crippen LogP contribution is 2.48. The number of amides is 1. The largest absolute Gasteiger partial charge is 0.489 e. The van der Waals surface area contributed by atoms with E-state index in [4.69, 9.17) is 4.74 Å². The third-order valence-corrected chi connectivity index (χ3v) is 5.88. The number of hydrogen-bond acceptors (Lipinski definition) is 3. The smallest absolute Gasteiger partial charge is 0.226 e. The molecule has 1 aliphatic carbocycles. The number of carbonyl (C=O) groups excluding carboxylic acids is 1. The van der Waals surface area contributed by atoms with Crippen molar-refractivity contribution in [2.45, 2.75) is 37.8 Å². The second-order valence-corrected chi connectivity index (χ2v) is 7.68. The molecular weight excluding hydrogens is 336 g/mol. The Labute approximate surface area is 161 Å². The first-order valence-corrected chi connectivity index (χ1v) is 9.97. The molecule has 2 aromatic carbocycles. The summed E-state index contributed by atoms with van der Waals surface area (Å²) in [7, 11) is 2.01. The normalized spacial score (nSPS) is 22.5. The molecule has 0 spiro atoms. The van der Waals surface area contributed by atoms with Crippen molar-refractivity contribution in [3.8, 4) is 5.75 Å². The van der Waals surface area contributed by atoms with Gasteiger partial charge in [0.2, 0.25) is 5.91 Å². The van der Waals surface area contributed by atoms with Crippen molar-refractivity contribution in [3.63, 3.8) is 0 Å². The van der Waals surface area contributed by atoms with Gasteiger partial charge in [-0.3, -0.25) is 4.79 Å². The van der Waals surface area contributed by atoms with Gasteiger partial charge in [0, 0.05) is 25.0 Å². The summed E-state index contributed by atoms with van der Waals surface area (Å²) in [5.74, 6) is 1.77. The van der Waals surface area contributed by atoms with E-state index in [0.717, 1.165) is 43.7 Å². The summed E-state index contributed by atoms with van der Waals surface area (Å²) in [5.41, 5.74) is 2.42. The van der Waals surface area contributed by atoms with Crippen LogP contribution in [0, 0.1) is 5.92 Å². The highest BCUT2D eigenvalue weighted by Gasteiger charge is 2.46. The van der Waals surface area contributed by atoms with E-state index in [2.05, 4.69) is 34.5 Å². The predicted molar refractivity (Wildman–Crippen MR) is 107 cm³/mol. The molecule has 0 aromatic heterocycles. The predicted octanol–water partition coefficient (Wildman–Crippen LogP) is 3.58. The Kier molecular flexibility index (Phi) is 5.44. The van der Waals surface area contributed by atoms with Gasteiger partial charge in [0.15, 0.2) is 0 Å². The van der Waals surface area contributed by atoms with E-state index < -0.39 is 0 Å². The van der Waals surface area contributed by atoms with Crippen LogP contribution in [-0.4, -0.2) is 37.0 Å². The number of carbonyl (C=O) groups is 1. The zero-order valence-corrected chi connectivity index (χ0v) is 15.9. The summed E-state index contributed by atoms with van der Waals surface area (Å²) >= 11 is 0. The topological polar surface area (TPSA) is 41.6 Å². The van der Waals surface area contributed by atoms with Crippen molar-refractivity contribution >= 4 is 5.91 Å². The Morgan fingerprint density at radius 2 is 1.78 bits per heavy atom. The fourth-order valence-corrected chi connectivity index (χ4v) is 4.01. The first kappa shape index (κ1) is 18.1. The average molecular weight is 364 g/mol. The molecule has 4 nitrogen and oxygen atoms in total. The van der Waals surface area contributed by atoms with Crippen molar-refractivity contribution in [1.82, 2.24) is 10.2 Å². The van der Waals surface area contributed by atoms with E-state index in [-0.39, 0.29) is 5.92 Å². The number of ether oxygens (including phenoxy) is 1. The summed E-state index contributed by atoms with van der Waals surface area (Å²) in [5, 5.41) is 3.32. The number of hydrogen-bond donors (Lipinski definition) is 1. The Hall–Kier alpha value is -2.33. The van der Waals surface area contributed by atoms with Crippen molar-refractivity contribution in [2.24, 2.45) is 5.92 Å². The van der Waals surface area contributed by atoms with Gasteiger partial charge in [-0.2, -0.15) is 0 Å². The molecule has 1 saturated carbocycles. The fraction of sp³-hybridized carbons (Fsp3) is 0.435. The van der Waals surface area contributed by atoms with E-state index >= 15 is 0 Å². The lowest BCUT2D eigenvalue weighted by molar-refractivity contribution is -0.133. The summed E-state index contributed by atoms with van der Waals surface area (Å²) in [6, 6.07) is 19.0. The molecule has 4 heteroatoms. The van der Waals surface area contributed by atoms with Crippen LogP contribution in [0.4, 0.5) is 0 Å². The third kappa shape index (κ3) is 4.33. The zero-order chi connectivity index (χ0) is 18.6. The van der Waals surface area contributed by atoms with Crippen LogP contribution in [0.5, 0.6) is 5.75 Å². The molecule has 2 unspecified atom stereocenters. The minimum Gasteiger partial charge on any atom is -0.489 e. The van der Waals surface area contributed by atoms with Gasteiger partial charge in [0.1, 0.15) is 12.4 Å². The quantitative estimate of drug-likeness (QED) is 0.852. The molecule has 2 aliphatic rings. The van der Waals surface area contributed by atoms with Crippen LogP contribution in [0.2, 0.25) is 0 Å². The lowest BCUT2D eigenvalue weighted by Crippen LogP contribution is -2.44. The van der Waals surface area contributed by atoms with Gasteiger partial charge in [0.05, 0.1) is 0 Å². The number of piperidine rings is 1. The first-order valence-electron chi connectivity index (χ1n) is 9.97. The maximum absolute atomic E-state index is 12.7. The monoisotopic (exact) mass is 364 g/mol. The van der Waals surface area contributed by atoms with Gasteiger partial charge in [-0.15, -0.1) is 0 Å². The number of rotatable bonds is 6. The Balaban J connectivity index is 1.28. The van der Waals surface area contributed by atoms with Crippen LogP contribution in [0.15, 0.2) is 54.6 Å². The van der Waals surface area contributed by atoms with Crippen molar-refractivity contribution < 1.29 is 9.53 Å². The van der Waals surface area contributed by atoms with Crippen LogP contribution >= 0.6 is 0 Å². The van der Waals surface area contributed by atoms with Crippen molar-refractivity contribution in [2.75, 3.05) is 20.1 Å². The number of nitrogens with one attached hydrogen (secondary N) is 1. The van der Waals surface area contributed by atoms with Crippen LogP contribution in [0.25, 0.3) is 0 Å². The molecule has 2 aromatic rings. The Bertz CT molecular complexity index is 752. The molecule has 0 bridgehead atoms. The van der Waals surface area contributed by atoms with E-state index in [9.17, 15) is 4.79 Å². The maximum Gasteiger partial charge on any atom is 0.226 e.